The molecule has 1 atom stereocenters. The zero-order valence-electron chi connectivity index (χ0n) is 11.6. The van der Waals surface area contributed by atoms with Crippen molar-refractivity contribution in [3.05, 3.63) is 34.3 Å². The van der Waals surface area contributed by atoms with E-state index >= 15 is 0 Å². The summed E-state index contributed by atoms with van der Waals surface area (Å²) in [4.78, 5) is 0. The molecular formula is C13H20ClN3O2S. The highest BCUT2D eigenvalue weighted by Gasteiger charge is 2.18. The molecule has 1 unspecified atom stereocenters. The quantitative estimate of drug-likeness (QED) is 0.266. The number of rotatable bonds is 7. The summed E-state index contributed by atoms with van der Waals surface area (Å²) in [7, 11) is 0. The van der Waals surface area contributed by atoms with Gasteiger partial charge in [0.05, 0.1) is 5.60 Å². The molecule has 7 heteroatoms. The lowest BCUT2D eigenvalue weighted by molar-refractivity contribution is 0.0846. The molecule has 0 heterocycles. The number of amidine groups is 1. The molecular weight excluding hydrogens is 298 g/mol. The van der Waals surface area contributed by atoms with Crippen molar-refractivity contribution < 1.29 is 10.3 Å². The first-order chi connectivity index (χ1) is 9.39. The maximum Gasteiger partial charge on any atom is 0.170 e. The van der Waals surface area contributed by atoms with E-state index in [2.05, 4.69) is 10.5 Å². The number of nitrogens with one attached hydrogen (secondary N) is 1. The van der Waals surface area contributed by atoms with Crippen LogP contribution < -0.4 is 11.1 Å². The maximum atomic E-state index is 10.0. The van der Waals surface area contributed by atoms with E-state index in [1.54, 1.807) is 30.8 Å². The molecule has 0 saturated carbocycles. The van der Waals surface area contributed by atoms with E-state index in [1.165, 1.54) is 0 Å². The van der Waals surface area contributed by atoms with E-state index in [-0.39, 0.29) is 5.84 Å². The summed E-state index contributed by atoms with van der Waals surface area (Å²) < 4.78 is 0. The SMILES string of the molecule is CSCC(C)(O)CNCc1ccc(/C(N)=N/O)cc1Cl. The van der Waals surface area contributed by atoms with Crippen LogP contribution in [0.1, 0.15) is 18.1 Å². The summed E-state index contributed by atoms with van der Waals surface area (Å²) in [5, 5.41) is 25.3. The minimum absolute atomic E-state index is 0.0225. The standard InChI is InChI=1S/C13H20ClN3O2S/c1-13(18,8-20-2)7-16-6-10-4-3-9(5-11(10)14)12(15)17-19/h3-5,16,18-19H,6-8H2,1-2H3,(H2,15,17). The molecule has 5 nitrogen and oxygen atoms in total. The van der Waals surface area contributed by atoms with Crippen LogP contribution in [0, 0.1) is 0 Å². The van der Waals surface area contributed by atoms with Gasteiger partial charge in [-0.1, -0.05) is 28.9 Å². The molecule has 5 N–H and O–H groups in total. The number of oxime groups is 1. The lowest BCUT2D eigenvalue weighted by Gasteiger charge is -2.22. The smallest absolute Gasteiger partial charge is 0.170 e. The van der Waals surface area contributed by atoms with Crippen LogP contribution in [0.2, 0.25) is 5.02 Å². The van der Waals surface area contributed by atoms with Crippen LogP contribution >= 0.6 is 23.4 Å². The number of benzene rings is 1. The van der Waals surface area contributed by atoms with Gasteiger partial charge in [0, 0.05) is 29.4 Å². The van der Waals surface area contributed by atoms with Crippen LogP contribution in [0.5, 0.6) is 0 Å². The highest BCUT2D eigenvalue weighted by molar-refractivity contribution is 7.98. The van der Waals surface area contributed by atoms with Crippen LogP contribution in [0.25, 0.3) is 0 Å². The second kappa shape index (κ2) is 7.73. The van der Waals surface area contributed by atoms with Crippen molar-refractivity contribution in [2.45, 2.75) is 19.1 Å². The van der Waals surface area contributed by atoms with E-state index in [1.807, 2.05) is 12.3 Å². The number of halogens is 1. The Balaban J connectivity index is 2.62. The predicted molar refractivity (Wildman–Crippen MR) is 84.7 cm³/mol. The third-order valence-electron chi connectivity index (χ3n) is 2.73. The van der Waals surface area contributed by atoms with Crippen molar-refractivity contribution in [3.8, 4) is 0 Å². The zero-order chi connectivity index (χ0) is 15.2. The van der Waals surface area contributed by atoms with E-state index < -0.39 is 5.60 Å². The topological polar surface area (TPSA) is 90.9 Å². The summed E-state index contributed by atoms with van der Waals surface area (Å²) in [6, 6.07) is 5.19. The average Bonchev–Trinajstić information content (AvgIpc) is 2.39. The van der Waals surface area contributed by atoms with Crippen molar-refractivity contribution in [2.75, 3.05) is 18.6 Å². The predicted octanol–water partition coefficient (Wildman–Crippen LogP) is 1.64. The number of hydrogen-bond donors (Lipinski definition) is 4. The fourth-order valence-corrected chi connectivity index (χ4v) is 2.71. The number of aliphatic hydroxyl groups is 1. The molecule has 1 aromatic rings. The normalized spacial score (nSPS) is 15.1. The van der Waals surface area contributed by atoms with E-state index in [0.29, 0.717) is 29.4 Å². The molecule has 0 amide bonds. The largest absolute Gasteiger partial charge is 0.409 e. The van der Waals surface area contributed by atoms with E-state index in [4.69, 9.17) is 22.5 Å². The molecule has 0 saturated heterocycles. The minimum Gasteiger partial charge on any atom is -0.409 e. The fraction of sp³-hybridized carbons (Fsp3) is 0.462. The van der Waals surface area contributed by atoms with Crippen LogP contribution in [-0.2, 0) is 6.54 Å². The average molecular weight is 318 g/mol. The molecule has 0 spiro atoms. The lowest BCUT2D eigenvalue weighted by atomic mass is 10.1. The summed E-state index contributed by atoms with van der Waals surface area (Å²) >= 11 is 7.74. The van der Waals surface area contributed by atoms with Crippen LogP contribution in [0.15, 0.2) is 23.4 Å². The van der Waals surface area contributed by atoms with E-state index in [9.17, 15) is 5.11 Å². The lowest BCUT2D eigenvalue weighted by Crippen LogP contribution is -2.39. The molecule has 0 fully saturated rings. The Morgan fingerprint density at radius 2 is 2.25 bits per heavy atom. The van der Waals surface area contributed by atoms with Crippen molar-refractivity contribution in [3.63, 3.8) is 0 Å². The second-order valence-electron chi connectivity index (χ2n) is 4.82. The van der Waals surface area contributed by atoms with Gasteiger partial charge in [0.15, 0.2) is 5.84 Å². The first-order valence-corrected chi connectivity index (χ1v) is 7.85. The van der Waals surface area contributed by atoms with Gasteiger partial charge in [-0.15, -0.1) is 0 Å². The molecule has 0 radical (unpaired) electrons. The summed E-state index contributed by atoms with van der Waals surface area (Å²) in [6.07, 6.45) is 1.96. The van der Waals surface area contributed by atoms with Crippen LogP contribution in [-0.4, -0.2) is 40.3 Å². The van der Waals surface area contributed by atoms with Crippen molar-refractivity contribution >= 4 is 29.2 Å². The molecule has 1 aromatic carbocycles. The Morgan fingerprint density at radius 1 is 1.55 bits per heavy atom. The van der Waals surface area contributed by atoms with Crippen molar-refractivity contribution in [2.24, 2.45) is 10.9 Å². The van der Waals surface area contributed by atoms with Gasteiger partial charge < -0.3 is 21.4 Å². The molecule has 0 aliphatic heterocycles. The summed E-state index contributed by atoms with van der Waals surface area (Å²) in [6.45, 7) is 2.81. The first kappa shape index (κ1) is 17.1. The second-order valence-corrected chi connectivity index (χ2v) is 6.10. The Morgan fingerprint density at radius 3 is 2.80 bits per heavy atom. The van der Waals surface area contributed by atoms with Gasteiger partial charge in [-0.3, -0.25) is 0 Å². The molecule has 112 valence electrons. The van der Waals surface area contributed by atoms with Crippen molar-refractivity contribution in [1.82, 2.24) is 5.32 Å². The summed E-state index contributed by atoms with van der Waals surface area (Å²) in [5.41, 5.74) is 6.20. The van der Waals surface area contributed by atoms with Gasteiger partial charge in [0.25, 0.3) is 0 Å². The monoisotopic (exact) mass is 317 g/mol. The van der Waals surface area contributed by atoms with Gasteiger partial charge in [0.1, 0.15) is 0 Å². The van der Waals surface area contributed by atoms with Crippen LogP contribution in [0.3, 0.4) is 0 Å². The van der Waals surface area contributed by atoms with E-state index in [0.717, 1.165) is 5.56 Å². The Labute approximate surface area is 128 Å². The number of nitrogens with two attached hydrogens (primary N) is 1. The fourth-order valence-electron chi connectivity index (χ4n) is 1.74. The van der Waals surface area contributed by atoms with Gasteiger partial charge >= 0.3 is 0 Å². The Hall–Kier alpha value is -0.950. The number of thioether (sulfide) groups is 1. The Kier molecular flexibility index (Phi) is 6.61. The number of hydrogen-bond acceptors (Lipinski definition) is 5. The van der Waals surface area contributed by atoms with Crippen LogP contribution in [0.4, 0.5) is 0 Å². The third-order valence-corrected chi connectivity index (χ3v) is 4.00. The third kappa shape index (κ3) is 5.20. The van der Waals surface area contributed by atoms with Gasteiger partial charge in [0.2, 0.25) is 0 Å². The van der Waals surface area contributed by atoms with Gasteiger partial charge in [-0.05, 0) is 24.8 Å². The molecule has 0 aromatic heterocycles. The highest BCUT2D eigenvalue weighted by Crippen LogP contribution is 2.18. The van der Waals surface area contributed by atoms with Gasteiger partial charge in [-0.2, -0.15) is 11.8 Å². The highest BCUT2D eigenvalue weighted by atomic mass is 35.5. The molecule has 20 heavy (non-hydrogen) atoms. The zero-order valence-corrected chi connectivity index (χ0v) is 13.1. The van der Waals surface area contributed by atoms with Gasteiger partial charge in [-0.25, -0.2) is 0 Å². The summed E-state index contributed by atoms with van der Waals surface area (Å²) in [5.74, 6) is 0.685. The molecule has 0 bridgehead atoms. The molecule has 1 rings (SSSR count). The molecule has 0 aliphatic rings. The number of nitrogens with zero attached hydrogens (tertiary/aromatic N) is 1. The molecule has 0 aliphatic carbocycles. The maximum absolute atomic E-state index is 10.0. The Bertz CT molecular complexity index is 481. The first-order valence-electron chi connectivity index (χ1n) is 6.08. The minimum atomic E-state index is -0.750. The van der Waals surface area contributed by atoms with Crippen molar-refractivity contribution in [1.29, 1.82) is 0 Å².